The molecular formula is C23H35N3O7S. The van der Waals surface area contributed by atoms with Gasteiger partial charge in [0.15, 0.2) is 6.61 Å². The number of nitrogens with zero attached hydrogens (tertiary/aromatic N) is 1. The fourth-order valence-corrected chi connectivity index (χ4v) is 4.79. The maximum atomic E-state index is 12.9. The van der Waals surface area contributed by atoms with Gasteiger partial charge in [0.05, 0.1) is 18.1 Å². The van der Waals surface area contributed by atoms with Gasteiger partial charge in [-0.05, 0) is 30.5 Å². The topological polar surface area (TPSA) is 131 Å². The number of esters is 1. The molecule has 0 aliphatic carbocycles. The molecule has 1 heterocycles. The Morgan fingerprint density at radius 3 is 2.50 bits per heavy atom. The quantitative estimate of drug-likeness (QED) is 0.329. The van der Waals surface area contributed by atoms with E-state index in [1.54, 1.807) is 13.8 Å². The molecule has 1 aliphatic heterocycles. The summed E-state index contributed by atoms with van der Waals surface area (Å²) in [7, 11) is -3.77. The molecule has 2 amide bonds. The Kier molecular flexibility index (Phi) is 10.9. The first-order valence-electron chi connectivity index (χ1n) is 11.6. The molecule has 2 rings (SSSR count). The van der Waals surface area contributed by atoms with Crippen molar-refractivity contribution in [1.82, 2.24) is 14.9 Å². The SMILES string of the molecule is CCCCCNC(=O)COC(=O)[C@@H](NC(=O)c1cccc(S(=O)(=O)N2CCOCC2)c1)C(C)C. The molecule has 0 aromatic heterocycles. The van der Waals surface area contributed by atoms with Crippen LogP contribution in [-0.2, 0) is 29.1 Å². The predicted molar refractivity (Wildman–Crippen MR) is 126 cm³/mol. The molecule has 2 N–H and O–H groups in total. The number of nitrogens with one attached hydrogen (secondary N) is 2. The monoisotopic (exact) mass is 497 g/mol. The van der Waals surface area contributed by atoms with Crippen LogP contribution < -0.4 is 10.6 Å². The van der Waals surface area contributed by atoms with Crippen LogP contribution in [0.3, 0.4) is 0 Å². The molecule has 1 aliphatic rings. The fourth-order valence-electron chi connectivity index (χ4n) is 3.34. The fraction of sp³-hybridized carbons (Fsp3) is 0.609. The van der Waals surface area contributed by atoms with Gasteiger partial charge < -0.3 is 20.1 Å². The summed E-state index contributed by atoms with van der Waals surface area (Å²) in [4.78, 5) is 37.2. The Morgan fingerprint density at radius 2 is 1.85 bits per heavy atom. The second kappa shape index (κ2) is 13.4. The molecule has 1 aromatic carbocycles. The molecule has 0 bridgehead atoms. The zero-order valence-corrected chi connectivity index (χ0v) is 20.9. The van der Waals surface area contributed by atoms with Gasteiger partial charge in [0.2, 0.25) is 10.0 Å². The van der Waals surface area contributed by atoms with Crippen LogP contribution in [0.15, 0.2) is 29.2 Å². The Morgan fingerprint density at radius 1 is 1.15 bits per heavy atom. The summed E-state index contributed by atoms with van der Waals surface area (Å²) in [5, 5.41) is 5.28. The number of hydrogen-bond donors (Lipinski definition) is 2. The Balaban J connectivity index is 2.00. The largest absolute Gasteiger partial charge is 0.454 e. The molecule has 1 fully saturated rings. The minimum Gasteiger partial charge on any atom is -0.454 e. The Hall–Kier alpha value is -2.50. The maximum absolute atomic E-state index is 12.9. The zero-order valence-electron chi connectivity index (χ0n) is 20.0. The number of carbonyl (C=O) groups is 3. The third kappa shape index (κ3) is 8.07. The second-order valence-electron chi connectivity index (χ2n) is 8.40. The van der Waals surface area contributed by atoms with E-state index in [0.717, 1.165) is 19.3 Å². The van der Waals surface area contributed by atoms with Gasteiger partial charge in [-0.25, -0.2) is 13.2 Å². The molecule has 0 unspecified atom stereocenters. The lowest BCUT2D eigenvalue weighted by Crippen LogP contribution is -2.46. The normalized spacial score (nSPS) is 15.5. The van der Waals surface area contributed by atoms with Gasteiger partial charge in [-0.3, -0.25) is 9.59 Å². The highest BCUT2D eigenvalue weighted by Crippen LogP contribution is 2.19. The standard InChI is InChI=1S/C23H35N3O7S/c1-4-5-6-10-24-20(27)16-33-23(29)21(17(2)3)25-22(28)18-8-7-9-19(15-18)34(30,31)26-11-13-32-14-12-26/h7-9,15,17,21H,4-6,10-14,16H2,1-3H3,(H,24,27)(H,25,28)/t21-/m0/s1. The van der Waals surface area contributed by atoms with Crippen molar-refractivity contribution in [3.05, 3.63) is 29.8 Å². The van der Waals surface area contributed by atoms with Crippen LogP contribution in [0.4, 0.5) is 0 Å². The summed E-state index contributed by atoms with van der Waals surface area (Å²) in [6.45, 7) is 6.71. The minimum atomic E-state index is -3.77. The number of benzene rings is 1. The molecule has 190 valence electrons. The van der Waals surface area contributed by atoms with Gasteiger partial charge in [0, 0.05) is 25.2 Å². The number of hydrogen-bond acceptors (Lipinski definition) is 7. The van der Waals surface area contributed by atoms with Crippen molar-refractivity contribution in [3.8, 4) is 0 Å². The molecule has 34 heavy (non-hydrogen) atoms. The molecular weight excluding hydrogens is 462 g/mol. The highest BCUT2D eigenvalue weighted by Gasteiger charge is 2.29. The average molecular weight is 498 g/mol. The summed E-state index contributed by atoms with van der Waals surface area (Å²) >= 11 is 0. The smallest absolute Gasteiger partial charge is 0.329 e. The van der Waals surface area contributed by atoms with Crippen LogP contribution in [0.5, 0.6) is 0 Å². The number of unbranched alkanes of at least 4 members (excludes halogenated alkanes) is 2. The van der Waals surface area contributed by atoms with Crippen molar-refractivity contribution in [2.75, 3.05) is 39.5 Å². The van der Waals surface area contributed by atoms with Gasteiger partial charge in [0.1, 0.15) is 6.04 Å². The average Bonchev–Trinajstić information content (AvgIpc) is 2.84. The number of morpholine rings is 1. The first kappa shape index (κ1) is 27.7. The van der Waals surface area contributed by atoms with Crippen molar-refractivity contribution < 1.29 is 32.3 Å². The summed E-state index contributed by atoms with van der Waals surface area (Å²) in [6.07, 6.45) is 2.88. The lowest BCUT2D eigenvalue weighted by atomic mass is 10.0. The second-order valence-corrected chi connectivity index (χ2v) is 10.3. The summed E-state index contributed by atoms with van der Waals surface area (Å²) in [5.74, 6) is -2.06. The first-order valence-corrected chi connectivity index (χ1v) is 13.0. The summed E-state index contributed by atoms with van der Waals surface area (Å²) in [6, 6.07) is 4.66. The van der Waals surface area contributed by atoms with E-state index in [-0.39, 0.29) is 29.5 Å². The number of carbonyl (C=O) groups excluding carboxylic acids is 3. The molecule has 0 spiro atoms. The third-order valence-corrected chi connectivity index (χ3v) is 7.25. The van der Waals surface area contributed by atoms with Gasteiger partial charge >= 0.3 is 5.97 Å². The maximum Gasteiger partial charge on any atom is 0.329 e. The number of ether oxygens (including phenoxy) is 2. The highest BCUT2D eigenvalue weighted by molar-refractivity contribution is 7.89. The van der Waals surface area contributed by atoms with Gasteiger partial charge in [-0.15, -0.1) is 0 Å². The van der Waals surface area contributed by atoms with Crippen molar-refractivity contribution in [1.29, 1.82) is 0 Å². The summed E-state index contributed by atoms with van der Waals surface area (Å²) < 4.78 is 37.4. The van der Waals surface area contributed by atoms with Crippen molar-refractivity contribution >= 4 is 27.8 Å². The van der Waals surface area contributed by atoms with E-state index in [4.69, 9.17) is 9.47 Å². The molecule has 1 atom stereocenters. The van der Waals surface area contributed by atoms with Crippen LogP contribution in [0.2, 0.25) is 0 Å². The van der Waals surface area contributed by atoms with E-state index in [0.29, 0.717) is 19.8 Å². The molecule has 1 saturated heterocycles. The zero-order chi connectivity index (χ0) is 25.1. The lowest BCUT2D eigenvalue weighted by molar-refractivity contribution is -0.151. The Bertz CT molecular complexity index is 944. The molecule has 11 heteroatoms. The number of sulfonamides is 1. The number of rotatable bonds is 12. The van der Waals surface area contributed by atoms with Gasteiger partial charge in [0.25, 0.3) is 11.8 Å². The van der Waals surface area contributed by atoms with E-state index in [9.17, 15) is 22.8 Å². The minimum absolute atomic E-state index is 0.00883. The van der Waals surface area contributed by atoms with Crippen molar-refractivity contribution in [2.24, 2.45) is 5.92 Å². The third-order valence-electron chi connectivity index (χ3n) is 5.36. The predicted octanol–water partition coefficient (Wildman–Crippen LogP) is 1.31. The first-order chi connectivity index (χ1) is 16.2. The molecule has 0 saturated carbocycles. The Labute approximate surface area is 201 Å². The van der Waals surface area contributed by atoms with Crippen LogP contribution in [0.25, 0.3) is 0 Å². The highest BCUT2D eigenvalue weighted by atomic mass is 32.2. The molecule has 1 aromatic rings. The van der Waals surface area contributed by atoms with E-state index >= 15 is 0 Å². The van der Waals surface area contributed by atoms with Crippen LogP contribution in [-0.4, -0.2) is 76.0 Å². The van der Waals surface area contributed by atoms with E-state index in [1.807, 2.05) is 0 Å². The van der Waals surface area contributed by atoms with E-state index < -0.39 is 40.5 Å². The van der Waals surface area contributed by atoms with Crippen molar-refractivity contribution in [2.45, 2.75) is 51.0 Å². The van der Waals surface area contributed by atoms with Crippen molar-refractivity contribution in [3.63, 3.8) is 0 Å². The van der Waals surface area contributed by atoms with E-state index in [2.05, 4.69) is 17.6 Å². The van der Waals surface area contributed by atoms with Gasteiger partial charge in [-0.2, -0.15) is 4.31 Å². The number of amides is 2. The molecule has 0 radical (unpaired) electrons. The van der Waals surface area contributed by atoms with Gasteiger partial charge in [-0.1, -0.05) is 39.7 Å². The van der Waals surface area contributed by atoms with Crippen LogP contribution >= 0.6 is 0 Å². The lowest BCUT2D eigenvalue weighted by Gasteiger charge is -2.26. The van der Waals surface area contributed by atoms with Crippen LogP contribution in [0, 0.1) is 5.92 Å². The van der Waals surface area contributed by atoms with E-state index in [1.165, 1.54) is 28.6 Å². The molecule has 10 nitrogen and oxygen atoms in total. The summed E-state index contributed by atoms with van der Waals surface area (Å²) in [5.41, 5.74) is 0.0986. The van der Waals surface area contributed by atoms with Crippen LogP contribution in [0.1, 0.15) is 50.4 Å².